The molecule has 1 aromatic carbocycles. The summed E-state index contributed by atoms with van der Waals surface area (Å²) >= 11 is 0. The summed E-state index contributed by atoms with van der Waals surface area (Å²) in [7, 11) is -1.28. The van der Waals surface area contributed by atoms with Crippen molar-refractivity contribution < 1.29 is 32.5 Å². The smallest absolute Gasteiger partial charge is 0.339 e. The van der Waals surface area contributed by atoms with Gasteiger partial charge in [0.1, 0.15) is 5.56 Å². The van der Waals surface area contributed by atoms with Gasteiger partial charge in [0.15, 0.2) is 11.5 Å². The van der Waals surface area contributed by atoms with Gasteiger partial charge < -0.3 is 19.3 Å². The number of benzene rings is 1. The molecule has 0 radical (unpaired) electrons. The van der Waals surface area contributed by atoms with Crippen molar-refractivity contribution in [3.05, 3.63) is 17.7 Å². The van der Waals surface area contributed by atoms with Crippen LogP contribution >= 0.6 is 0 Å². The molecule has 1 saturated heterocycles. The molecule has 0 bridgehead atoms. The predicted molar refractivity (Wildman–Crippen MR) is 71.4 cm³/mol. The molecule has 0 aliphatic carbocycles. The molecule has 2 N–H and O–H groups in total. The number of hydrogen-bond donors (Lipinski definition) is 2. The number of methoxy groups -OCH3 is 2. The first-order chi connectivity index (χ1) is 9.89. The lowest BCUT2D eigenvalue weighted by molar-refractivity contribution is 0.00482. The number of carboxylic acid groups (broad SMARTS) is 1. The van der Waals surface area contributed by atoms with E-state index in [-0.39, 0.29) is 41.2 Å². The zero-order valence-electron chi connectivity index (χ0n) is 11.5. The van der Waals surface area contributed by atoms with Gasteiger partial charge in [0.2, 0.25) is 10.0 Å². The van der Waals surface area contributed by atoms with Gasteiger partial charge in [0.05, 0.1) is 38.4 Å². The molecule has 1 fully saturated rings. The zero-order valence-corrected chi connectivity index (χ0v) is 12.3. The van der Waals surface area contributed by atoms with E-state index in [1.807, 2.05) is 0 Å². The Balaban J connectivity index is 2.48. The third kappa shape index (κ3) is 3.09. The second kappa shape index (κ2) is 5.88. The zero-order chi connectivity index (χ0) is 15.6. The molecule has 21 heavy (non-hydrogen) atoms. The number of carboxylic acids is 1. The monoisotopic (exact) mass is 317 g/mol. The van der Waals surface area contributed by atoms with E-state index in [4.69, 9.17) is 14.2 Å². The largest absolute Gasteiger partial charge is 0.493 e. The number of ether oxygens (including phenoxy) is 3. The van der Waals surface area contributed by atoms with E-state index >= 15 is 0 Å². The van der Waals surface area contributed by atoms with E-state index in [0.29, 0.717) is 0 Å². The van der Waals surface area contributed by atoms with E-state index in [2.05, 4.69) is 4.72 Å². The predicted octanol–water partition coefficient (Wildman–Crippen LogP) is 0.0791. The van der Waals surface area contributed by atoms with Crippen molar-refractivity contribution in [3.63, 3.8) is 0 Å². The Kier molecular flexibility index (Phi) is 4.35. The summed E-state index contributed by atoms with van der Waals surface area (Å²) in [4.78, 5) is 11.0. The van der Waals surface area contributed by atoms with E-state index in [1.165, 1.54) is 20.3 Å². The highest BCUT2D eigenvalue weighted by atomic mass is 32.2. The van der Waals surface area contributed by atoms with E-state index in [0.717, 1.165) is 6.07 Å². The molecule has 0 atom stereocenters. The Hall–Kier alpha value is -1.84. The fraction of sp³-hybridized carbons (Fsp3) is 0.417. The first-order valence-corrected chi connectivity index (χ1v) is 7.46. The summed E-state index contributed by atoms with van der Waals surface area (Å²) in [6.45, 7) is 0.580. The average molecular weight is 317 g/mol. The van der Waals surface area contributed by atoms with Gasteiger partial charge in [-0.2, -0.15) is 0 Å². The van der Waals surface area contributed by atoms with E-state index in [1.54, 1.807) is 0 Å². The third-order valence-corrected chi connectivity index (χ3v) is 4.45. The van der Waals surface area contributed by atoms with Crippen LogP contribution in [0.1, 0.15) is 10.4 Å². The molecule has 116 valence electrons. The standard InChI is InChI=1S/C12H15NO7S/c1-18-10-4-8(3-9(12(14)15)11(10)19-2)21(16,17)13-7-5-20-6-7/h3-4,7,13H,5-6H2,1-2H3,(H,14,15). The average Bonchev–Trinajstić information content (AvgIpc) is 2.41. The van der Waals surface area contributed by atoms with Gasteiger partial charge in [-0.05, 0) is 6.07 Å². The molecule has 0 amide bonds. The van der Waals surface area contributed by atoms with Gasteiger partial charge in [-0.1, -0.05) is 0 Å². The van der Waals surface area contributed by atoms with Crippen LogP contribution in [0.15, 0.2) is 17.0 Å². The molecule has 8 nitrogen and oxygen atoms in total. The molecule has 0 saturated carbocycles. The van der Waals surface area contributed by atoms with Crippen LogP contribution in [0.5, 0.6) is 11.5 Å². The van der Waals surface area contributed by atoms with Crippen molar-refractivity contribution >= 4 is 16.0 Å². The molecular formula is C12H15NO7S. The highest BCUT2D eigenvalue weighted by Gasteiger charge is 2.28. The summed E-state index contributed by atoms with van der Waals surface area (Å²) in [5.41, 5.74) is -0.290. The number of nitrogens with one attached hydrogen (secondary N) is 1. The number of rotatable bonds is 6. The number of aromatic carboxylic acids is 1. The van der Waals surface area contributed by atoms with Gasteiger partial charge in [0.25, 0.3) is 0 Å². The van der Waals surface area contributed by atoms with Crippen LogP contribution in [-0.4, -0.2) is 53.0 Å². The van der Waals surface area contributed by atoms with Crippen molar-refractivity contribution in [2.24, 2.45) is 0 Å². The van der Waals surface area contributed by atoms with Gasteiger partial charge in [-0.3, -0.25) is 0 Å². The van der Waals surface area contributed by atoms with Gasteiger partial charge in [-0.25, -0.2) is 17.9 Å². The van der Waals surface area contributed by atoms with Crippen molar-refractivity contribution in [2.45, 2.75) is 10.9 Å². The van der Waals surface area contributed by atoms with Crippen molar-refractivity contribution in [2.75, 3.05) is 27.4 Å². The lowest BCUT2D eigenvalue weighted by Gasteiger charge is -2.26. The van der Waals surface area contributed by atoms with Crippen LogP contribution in [0.25, 0.3) is 0 Å². The fourth-order valence-corrected chi connectivity index (χ4v) is 3.09. The van der Waals surface area contributed by atoms with Crippen molar-refractivity contribution in [1.82, 2.24) is 4.72 Å². The molecule has 1 aliphatic heterocycles. The van der Waals surface area contributed by atoms with Crippen LogP contribution in [0, 0.1) is 0 Å². The highest BCUT2D eigenvalue weighted by Crippen LogP contribution is 2.34. The van der Waals surface area contributed by atoms with Gasteiger partial charge in [-0.15, -0.1) is 0 Å². The SMILES string of the molecule is COc1cc(S(=O)(=O)NC2COC2)cc(C(=O)O)c1OC. The summed E-state index contributed by atoms with van der Waals surface area (Å²) in [5, 5.41) is 9.18. The first kappa shape index (κ1) is 15.5. The molecule has 1 heterocycles. The maximum Gasteiger partial charge on any atom is 0.339 e. The van der Waals surface area contributed by atoms with Crippen molar-refractivity contribution in [1.29, 1.82) is 0 Å². The lowest BCUT2D eigenvalue weighted by atomic mass is 10.2. The topological polar surface area (TPSA) is 111 Å². The van der Waals surface area contributed by atoms with Crippen LogP contribution in [-0.2, 0) is 14.8 Å². The Morgan fingerprint density at radius 1 is 1.33 bits per heavy atom. The van der Waals surface area contributed by atoms with Crippen LogP contribution in [0.4, 0.5) is 0 Å². The minimum Gasteiger partial charge on any atom is -0.493 e. The minimum absolute atomic E-state index is 0.0302. The molecule has 0 aromatic heterocycles. The molecule has 0 spiro atoms. The highest BCUT2D eigenvalue weighted by molar-refractivity contribution is 7.89. The molecule has 9 heteroatoms. The second-order valence-corrected chi connectivity index (χ2v) is 6.08. The van der Waals surface area contributed by atoms with Crippen LogP contribution in [0.2, 0.25) is 0 Å². The third-order valence-electron chi connectivity index (χ3n) is 2.95. The first-order valence-electron chi connectivity index (χ1n) is 5.98. The lowest BCUT2D eigenvalue weighted by Crippen LogP contribution is -2.48. The Morgan fingerprint density at radius 3 is 2.43 bits per heavy atom. The molecule has 1 aromatic rings. The maximum atomic E-state index is 12.2. The van der Waals surface area contributed by atoms with Crippen LogP contribution < -0.4 is 14.2 Å². The van der Waals surface area contributed by atoms with E-state index in [9.17, 15) is 18.3 Å². The second-order valence-electron chi connectivity index (χ2n) is 4.37. The van der Waals surface area contributed by atoms with Gasteiger partial charge >= 0.3 is 5.97 Å². The summed E-state index contributed by atoms with van der Waals surface area (Å²) < 4.78 is 41.7. The number of hydrogen-bond acceptors (Lipinski definition) is 6. The van der Waals surface area contributed by atoms with Gasteiger partial charge in [0, 0.05) is 6.07 Å². The Bertz CT molecular complexity index is 652. The normalized spacial score (nSPS) is 15.3. The Labute approximate surface area is 121 Å². The minimum atomic E-state index is -3.86. The van der Waals surface area contributed by atoms with E-state index < -0.39 is 16.0 Å². The summed E-state index contributed by atoms with van der Waals surface area (Å²) in [5.74, 6) is -1.31. The molecule has 1 aliphatic rings. The molecule has 0 unspecified atom stereocenters. The number of sulfonamides is 1. The molecule has 2 rings (SSSR count). The van der Waals surface area contributed by atoms with Crippen molar-refractivity contribution in [3.8, 4) is 11.5 Å². The maximum absolute atomic E-state index is 12.2. The summed E-state index contributed by atoms with van der Waals surface area (Å²) in [6, 6.07) is 1.94. The quantitative estimate of drug-likeness (QED) is 0.764. The fourth-order valence-electron chi connectivity index (χ4n) is 1.84. The number of carbonyl (C=O) groups is 1. The molecular weight excluding hydrogens is 302 g/mol. The Morgan fingerprint density at radius 2 is 2.00 bits per heavy atom. The summed E-state index contributed by atoms with van der Waals surface area (Å²) in [6.07, 6.45) is 0. The van der Waals surface area contributed by atoms with Crippen LogP contribution in [0.3, 0.4) is 0 Å².